The highest BCUT2D eigenvalue weighted by atomic mass is 16.5. The quantitative estimate of drug-likeness (QED) is 0.831. The van der Waals surface area contributed by atoms with Crippen molar-refractivity contribution in [2.45, 2.75) is 13.8 Å². The van der Waals surface area contributed by atoms with Crippen molar-refractivity contribution in [2.75, 3.05) is 6.61 Å². The first-order valence-corrected chi connectivity index (χ1v) is 5.92. The van der Waals surface area contributed by atoms with E-state index in [4.69, 9.17) is 4.74 Å². The number of hydrogen-bond donors (Lipinski definition) is 0. The molecule has 1 aromatic heterocycles. The first-order valence-electron chi connectivity index (χ1n) is 5.92. The number of carbonyl (C=O) groups excluding carboxylic acids is 1. The average Bonchev–Trinajstić information content (AvgIpc) is 2.37. The molecule has 2 aromatic rings. The van der Waals surface area contributed by atoms with Gasteiger partial charge >= 0.3 is 0 Å². The number of ether oxygens (including phenoxy) is 1. The number of pyridine rings is 1. The minimum Gasteiger partial charge on any atom is -0.546 e. The van der Waals surface area contributed by atoms with Crippen molar-refractivity contribution in [3.8, 4) is 16.9 Å². The van der Waals surface area contributed by atoms with Crippen molar-refractivity contribution in [2.24, 2.45) is 0 Å². The maximum absolute atomic E-state index is 10.6. The average molecular weight is 256 g/mol. The van der Waals surface area contributed by atoms with Crippen LogP contribution >= 0.6 is 0 Å². The zero-order valence-electron chi connectivity index (χ0n) is 10.8. The van der Waals surface area contributed by atoms with E-state index in [9.17, 15) is 9.90 Å². The summed E-state index contributed by atoms with van der Waals surface area (Å²) in [6.45, 7) is 3.42. The topological polar surface area (TPSA) is 62.2 Å². The van der Waals surface area contributed by atoms with Crippen molar-refractivity contribution < 1.29 is 14.6 Å². The Morgan fingerprint density at radius 1 is 1.26 bits per heavy atom. The van der Waals surface area contributed by atoms with Crippen molar-refractivity contribution in [3.05, 3.63) is 47.8 Å². The molecule has 4 nitrogen and oxygen atoms in total. The Labute approximate surface area is 111 Å². The lowest BCUT2D eigenvalue weighted by atomic mass is 10.00. The molecule has 0 unspecified atom stereocenters. The van der Waals surface area contributed by atoms with Crippen LogP contribution in [0.4, 0.5) is 0 Å². The molecule has 19 heavy (non-hydrogen) atoms. The Hall–Kier alpha value is -2.36. The fourth-order valence-corrected chi connectivity index (χ4v) is 2.02. The van der Waals surface area contributed by atoms with Crippen LogP contribution in [0.1, 0.15) is 11.1 Å². The molecule has 98 valence electrons. The molecule has 0 N–H and O–H groups in total. The van der Waals surface area contributed by atoms with E-state index in [1.54, 1.807) is 12.4 Å². The summed E-state index contributed by atoms with van der Waals surface area (Å²) in [5, 5.41) is 10.6. The van der Waals surface area contributed by atoms with Gasteiger partial charge in [0, 0.05) is 18.0 Å². The Morgan fingerprint density at radius 3 is 2.58 bits per heavy atom. The SMILES string of the molecule is Cc1cc(C)c(OCC(=O)[O-])c(-c2ccncc2)c1. The second-order valence-corrected chi connectivity index (χ2v) is 4.36. The molecule has 4 heteroatoms. The lowest BCUT2D eigenvalue weighted by Gasteiger charge is -2.15. The van der Waals surface area contributed by atoms with Crippen LogP contribution in [-0.4, -0.2) is 17.6 Å². The number of aromatic nitrogens is 1. The first kappa shape index (κ1) is 13.1. The Bertz CT molecular complexity index is 594. The second kappa shape index (κ2) is 5.52. The van der Waals surface area contributed by atoms with E-state index < -0.39 is 12.6 Å². The van der Waals surface area contributed by atoms with E-state index in [-0.39, 0.29) is 0 Å². The number of carboxylic acids is 1. The number of aliphatic carboxylic acids is 1. The number of nitrogens with zero attached hydrogens (tertiary/aromatic N) is 1. The molecule has 0 radical (unpaired) electrons. The lowest BCUT2D eigenvalue weighted by Crippen LogP contribution is -2.29. The van der Waals surface area contributed by atoms with Crippen LogP contribution in [0.25, 0.3) is 11.1 Å². The van der Waals surface area contributed by atoms with E-state index in [0.717, 1.165) is 22.3 Å². The minimum absolute atomic E-state index is 0.456. The maximum atomic E-state index is 10.6. The number of benzene rings is 1. The van der Waals surface area contributed by atoms with Crippen molar-refractivity contribution in [1.29, 1.82) is 0 Å². The molecule has 1 heterocycles. The van der Waals surface area contributed by atoms with Gasteiger partial charge in [-0.15, -0.1) is 0 Å². The summed E-state index contributed by atoms with van der Waals surface area (Å²) in [6.07, 6.45) is 3.38. The summed E-state index contributed by atoms with van der Waals surface area (Å²) in [6, 6.07) is 7.64. The molecule has 2 rings (SSSR count). The first-order chi connectivity index (χ1) is 9.08. The van der Waals surface area contributed by atoms with E-state index >= 15 is 0 Å². The minimum atomic E-state index is -1.24. The van der Waals surface area contributed by atoms with Crippen molar-refractivity contribution in [1.82, 2.24) is 4.98 Å². The summed E-state index contributed by atoms with van der Waals surface area (Å²) in [5.41, 5.74) is 3.79. The molecule has 0 atom stereocenters. The van der Waals surface area contributed by atoms with Crippen molar-refractivity contribution in [3.63, 3.8) is 0 Å². The van der Waals surface area contributed by atoms with E-state index in [2.05, 4.69) is 4.98 Å². The molecule has 1 aromatic carbocycles. The van der Waals surface area contributed by atoms with Gasteiger partial charge in [-0.2, -0.15) is 0 Å². The van der Waals surface area contributed by atoms with Crippen LogP contribution in [0, 0.1) is 13.8 Å². The standard InChI is InChI=1S/C15H15NO3/c1-10-7-11(2)15(19-9-14(17)18)13(8-10)12-3-5-16-6-4-12/h3-8H,9H2,1-2H3,(H,17,18)/p-1. The van der Waals surface area contributed by atoms with Crippen molar-refractivity contribution >= 4 is 5.97 Å². The Kier molecular flexibility index (Phi) is 3.80. The van der Waals surface area contributed by atoms with Gasteiger partial charge in [0.2, 0.25) is 0 Å². The predicted octanol–water partition coefficient (Wildman–Crippen LogP) is 1.49. The number of carbonyl (C=O) groups is 1. The van der Waals surface area contributed by atoms with Crippen LogP contribution in [-0.2, 0) is 4.79 Å². The van der Waals surface area contributed by atoms with Gasteiger partial charge in [-0.3, -0.25) is 4.98 Å². The largest absolute Gasteiger partial charge is 0.546 e. The molecular weight excluding hydrogens is 242 g/mol. The molecule has 0 bridgehead atoms. The fourth-order valence-electron chi connectivity index (χ4n) is 2.02. The smallest absolute Gasteiger partial charge is 0.130 e. The predicted molar refractivity (Wildman–Crippen MR) is 69.6 cm³/mol. The normalized spacial score (nSPS) is 10.2. The highest BCUT2D eigenvalue weighted by molar-refractivity contribution is 5.74. The van der Waals surface area contributed by atoms with Gasteiger partial charge in [-0.25, -0.2) is 0 Å². The highest BCUT2D eigenvalue weighted by Gasteiger charge is 2.10. The molecule has 0 fully saturated rings. The van der Waals surface area contributed by atoms with Gasteiger partial charge in [0.05, 0.1) is 5.97 Å². The van der Waals surface area contributed by atoms with E-state index in [1.165, 1.54) is 0 Å². The van der Waals surface area contributed by atoms with Gasteiger partial charge in [-0.05, 0) is 48.7 Å². The van der Waals surface area contributed by atoms with Crippen LogP contribution in [0.3, 0.4) is 0 Å². The van der Waals surface area contributed by atoms with Gasteiger partial charge < -0.3 is 14.6 Å². The molecule has 0 spiro atoms. The van der Waals surface area contributed by atoms with Crippen LogP contribution in [0.2, 0.25) is 0 Å². The molecule has 0 aliphatic heterocycles. The Balaban J connectivity index is 2.48. The third-order valence-corrected chi connectivity index (χ3v) is 2.74. The molecular formula is C15H14NO3-. The summed E-state index contributed by atoms with van der Waals surface area (Å²) in [4.78, 5) is 14.5. The third-order valence-electron chi connectivity index (χ3n) is 2.74. The number of hydrogen-bond acceptors (Lipinski definition) is 4. The molecule has 0 amide bonds. The van der Waals surface area contributed by atoms with E-state index in [1.807, 2.05) is 38.1 Å². The molecule has 0 aliphatic rings. The molecule has 0 aliphatic carbocycles. The number of aryl methyl sites for hydroxylation is 2. The summed E-state index contributed by atoms with van der Waals surface area (Å²) >= 11 is 0. The summed E-state index contributed by atoms with van der Waals surface area (Å²) in [7, 11) is 0. The van der Waals surface area contributed by atoms with Crippen LogP contribution in [0.5, 0.6) is 5.75 Å². The highest BCUT2D eigenvalue weighted by Crippen LogP contribution is 2.33. The van der Waals surface area contributed by atoms with Gasteiger partial charge in [0.1, 0.15) is 12.4 Å². The molecule has 0 saturated carbocycles. The van der Waals surface area contributed by atoms with Gasteiger partial charge in [0.15, 0.2) is 0 Å². The number of carboxylic acid groups (broad SMARTS) is 1. The van der Waals surface area contributed by atoms with Crippen LogP contribution < -0.4 is 9.84 Å². The van der Waals surface area contributed by atoms with E-state index in [0.29, 0.717) is 5.75 Å². The Morgan fingerprint density at radius 2 is 1.95 bits per heavy atom. The fraction of sp³-hybridized carbons (Fsp3) is 0.200. The lowest BCUT2D eigenvalue weighted by molar-refractivity contribution is -0.307. The monoisotopic (exact) mass is 256 g/mol. The number of rotatable bonds is 4. The zero-order valence-corrected chi connectivity index (χ0v) is 10.8. The maximum Gasteiger partial charge on any atom is 0.130 e. The zero-order chi connectivity index (χ0) is 13.8. The summed E-state index contributed by atoms with van der Waals surface area (Å²) < 4.78 is 5.36. The second-order valence-electron chi connectivity index (χ2n) is 4.36. The molecule has 0 saturated heterocycles. The van der Waals surface area contributed by atoms with Gasteiger partial charge in [-0.1, -0.05) is 6.07 Å². The summed E-state index contributed by atoms with van der Waals surface area (Å²) in [5.74, 6) is -0.665. The van der Waals surface area contributed by atoms with Crippen LogP contribution in [0.15, 0.2) is 36.7 Å². The third kappa shape index (κ3) is 3.10. The van der Waals surface area contributed by atoms with Gasteiger partial charge in [0.25, 0.3) is 0 Å².